The van der Waals surface area contributed by atoms with Crippen molar-refractivity contribution >= 4 is 22.4 Å². The highest BCUT2D eigenvalue weighted by molar-refractivity contribution is 6.11. The van der Waals surface area contributed by atoms with Gasteiger partial charge in [0.05, 0.1) is 5.39 Å². The van der Waals surface area contributed by atoms with Gasteiger partial charge in [0.25, 0.3) is 11.5 Å². The van der Waals surface area contributed by atoms with E-state index in [9.17, 15) is 9.59 Å². The molecule has 22 heavy (non-hydrogen) atoms. The van der Waals surface area contributed by atoms with Gasteiger partial charge in [-0.2, -0.15) is 5.10 Å². The molecule has 1 aromatic heterocycles. The molecule has 1 amide bonds. The quantitative estimate of drug-likeness (QED) is 0.763. The van der Waals surface area contributed by atoms with Crippen LogP contribution in [0.15, 0.2) is 47.3 Å². The molecule has 0 saturated heterocycles. The Kier molecular flexibility index (Phi) is 3.47. The minimum absolute atomic E-state index is 0.206. The summed E-state index contributed by atoms with van der Waals surface area (Å²) in [6.07, 6.45) is 0. The number of aryl methyl sites for hydroxylation is 2. The summed E-state index contributed by atoms with van der Waals surface area (Å²) in [5.41, 5.74) is 2.62. The lowest BCUT2D eigenvalue weighted by atomic mass is 10.1. The van der Waals surface area contributed by atoms with Gasteiger partial charge in [0, 0.05) is 11.1 Å². The average molecular weight is 293 g/mol. The lowest BCUT2D eigenvalue weighted by Crippen LogP contribution is -2.20. The Morgan fingerprint density at radius 3 is 2.32 bits per heavy atom. The van der Waals surface area contributed by atoms with E-state index in [0.717, 1.165) is 16.8 Å². The molecule has 2 aromatic carbocycles. The topological polar surface area (TPSA) is 74.8 Å². The molecule has 0 atom stereocenters. The number of aromatic amines is 1. The number of anilines is 1. The molecule has 0 saturated carbocycles. The molecule has 0 fully saturated rings. The zero-order chi connectivity index (χ0) is 15.7. The molecule has 3 aromatic rings. The van der Waals surface area contributed by atoms with E-state index in [-0.39, 0.29) is 17.2 Å². The number of fused-ring (bicyclic) bond motifs is 1. The van der Waals surface area contributed by atoms with Gasteiger partial charge in [-0.1, -0.05) is 36.4 Å². The van der Waals surface area contributed by atoms with Crippen molar-refractivity contribution in [1.82, 2.24) is 10.2 Å². The standard InChI is InChI=1S/C17H15N3O2/c1-10-6-5-7-11(2)14(10)18-17(22)15-12-8-3-4-9-13(12)16(21)20-19-15/h3-9H,1-2H3,(H,18,22)(H,20,21). The largest absolute Gasteiger partial charge is 0.320 e. The van der Waals surface area contributed by atoms with Crippen molar-refractivity contribution in [3.05, 3.63) is 69.6 Å². The van der Waals surface area contributed by atoms with Crippen LogP contribution in [0.1, 0.15) is 21.6 Å². The van der Waals surface area contributed by atoms with Crippen LogP contribution in [0.2, 0.25) is 0 Å². The van der Waals surface area contributed by atoms with Gasteiger partial charge < -0.3 is 5.32 Å². The van der Waals surface area contributed by atoms with E-state index in [4.69, 9.17) is 0 Å². The van der Waals surface area contributed by atoms with E-state index < -0.39 is 0 Å². The number of para-hydroxylation sites is 1. The number of hydrogen-bond acceptors (Lipinski definition) is 3. The summed E-state index contributed by atoms with van der Waals surface area (Å²) in [7, 11) is 0. The van der Waals surface area contributed by atoms with Crippen LogP contribution in [0.4, 0.5) is 5.69 Å². The van der Waals surface area contributed by atoms with E-state index in [1.165, 1.54) is 0 Å². The van der Waals surface area contributed by atoms with Gasteiger partial charge in [0.2, 0.25) is 0 Å². The predicted octanol–water partition coefficient (Wildman–Crippen LogP) is 2.79. The molecule has 0 aliphatic carbocycles. The van der Waals surface area contributed by atoms with Crippen molar-refractivity contribution in [2.75, 3.05) is 5.32 Å². The molecule has 0 radical (unpaired) electrons. The molecule has 5 nitrogen and oxygen atoms in total. The summed E-state index contributed by atoms with van der Waals surface area (Å²) >= 11 is 0. The van der Waals surface area contributed by atoms with E-state index >= 15 is 0 Å². The second kappa shape index (κ2) is 5.44. The second-order valence-electron chi connectivity index (χ2n) is 5.17. The number of carbonyl (C=O) groups excluding carboxylic acids is 1. The Morgan fingerprint density at radius 2 is 1.64 bits per heavy atom. The first kappa shape index (κ1) is 14.0. The van der Waals surface area contributed by atoms with E-state index in [2.05, 4.69) is 15.5 Å². The Balaban J connectivity index is 2.07. The fourth-order valence-corrected chi connectivity index (χ4v) is 2.47. The molecule has 0 unspecified atom stereocenters. The number of nitrogens with one attached hydrogen (secondary N) is 2. The molecular weight excluding hydrogens is 278 g/mol. The van der Waals surface area contributed by atoms with Gasteiger partial charge in [0.15, 0.2) is 5.69 Å². The summed E-state index contributed by atoms with van der Waals surface area (Å²) in [4.78, 5) is 24.3. The number of H-pyrrole nitrogens is 1. The Morgan fingerprint density at radius 1 is 1.00 bits per heavy atom. The average Bonchev–Trinajstić information content (AvgIpc) is 2.51. The summed E-state index contributed by atoms with van der Waals surface area (Å²) in [6.45, 7) is 3.86. The fourth-order valence-electron chi connectivity index (χ4n) is 2.47. The minimum atomic E-state index is -0.343. The Bertz CT molecular complexity index is 908. The van der Waals surface area contributed by atoms with E-state index in [1.807, 2.05) is 32.0 Å². The third-order valence-corrected chi connectivity index (χ3v) is 3.63. The Labute approximate surface area is 127 Å². The van der Waals surface area contributed by atoms with Crippen LogP contribution in [-0.2, 0) is 0 Å². The molecule has 0 bridgehead atoms. The molecule has 3 rings (SSSR count). The molecule has 5 heteroatoms. The zero-order valence-corrected chi connectivity index (χ0v) is 12.3. The second-order valence-corrected chi connectivity index (χ2v) is 5.17. The number of rotatable bonds is 2. The van der Waals surface area contributed by atoms with Gasteiger partial charge in [-0.05, 0) is 31.0 Å². The summed E-state index contributed by atoms with van der Waals surface area (Å²) in [5.74, 6) is -0.343. The molecule has 110 valence electrons. The first-order valence-electron chi connectivity index (χ1n) is 6.93. The smallest absolute Gasteiger partial charge is 0.276 e. The minimum Gasteiger partial charge on any atom is -0.320 e. The van der Waals surface area contributed by atoms with Crippen molar-refractivity contribution in [1.29, 1.82) is 0 Å². The van der Waals surface area contributed by atoms with Crippen molar-refractivity contribution in [2.45, 2.75) is 13.8 Å². The van der Waals surface area contributed by atoms with E-state index in [1.54, 1.807) is 24.3 Å². The molecule has 1 heterocycles. The maximum atomic E-state index is 12.5. The summed E-state index contributed by atoms with van der Waals surface area (Å²) in [5, 5.41) is 10.2. The van der Waals surface area contributed by atoms with Crippen molar-refractivity contribution in [3.63, 3.8) is 0 Å². The first-order valence-corrected chi connectivity index (χ1v) is 6.93. The number of nitrogens with zero attached hydrogens (tertiary/aromatic N) is 1. The van der Waals surface area contributed by atoms with Gasteiger partial charge in [-0.15, -0.1) is 0 Å². The van der Waals surface area contributed by atoms with Crippen LogP contribution in [0, 0.1) is 13.8 Å². The number of benzene rings is 2. The normalized spacial score (nSPS) is 10.6. The highest BCUT2D eigenvalue weighted by Gasteiger charge is 2.15. The number of hydrogen-bond donors (Lipinski definition) is 2. The van der Waals surface area contributed by atoms with Crippen molar-refractivity contribution in [2.24, 2.45) is 0 Å². The fraction of sp³-hybridized carbons (Fsp3) is 0.118. The van der Waals surface area contributed by atoms with Crippen LogP contribution < -0.4 is 10.9 Å². The molecule has 0 spiro atoms. The predicted molar refractivity (Wildman–Crippen MR) is 86.2 cm³/mol. The Hall–Kier alpha value is -2.95. The molecule has 2 N–H and O–H groups in total. The lowest BCUT2D eigenvalue weighted by molar-refractivity contribution is 0.102. The zero-order valence-electron chi connectivity index (χ0n) is 12.3. The first-order chi connectivity index (χ1) is 10.6. The lowest BCUT2D eigenvalue weighted by Gasteiger charge is -2.11. The molecule has 0 aliphatic heterocycles. The summed E-state index contributed by atoms with van der Waals surface area (Å²) in [6, 6.07) is 12.7. The third kappa shape index (κ3) is 2.37. The SMILES string of the molecule is Cc1cccc(C)c1NC(=O)c1n[nH]c(=O)c2ccccc12. The van der Waals surface area contributed by atoms with Crippen LogP contribution in [-0.4, -0.2) is 16.1 Å². The number of aromatic nitrogens is 2. The monoisotopic (exact) mass is 293 g/mol. The van der Waals surface area contributed by atoms with Crippen LogP contribution >= 0.6 is 0 Å². The highest BCUT2D eigenvalue weighted by atomic mass is 16.2. The van der Waals surface area contributed by atoms with Gasteiger partial charge in [0.1, 0.15) is 0 Å². The molecular formula is C17H15N3O2. The number of amides is 1. The van der Waals surface area contributed by atoms with Gasteiger partial charge in [-0.3, -0.25) is 9.59 Å². The van der Waals surface area contributed by atoms with Crippen LogP contribution in [0.5, 0.6) is 0 Å². The third-order valence-electron chi connectivity index (χ3n) is 3.63. The number of carbonyl (C=O) groups is 1. The van der Waals surface area contributed by atoms with Crippen LogP contribution in [0.25, 0.3) is 10.8 Å². The van der Waals surface area contributed by atoms with E-state index in [0.29, 0.717) is 10.8 Å². The highest BCUT2D eigenvalue weighted by Crippen LogP contribution is 2.21. The van der Waals surface area contributed by atoms with Crippen molar-refractivity contribution < 1.29 is 4.79 Å². The molecule has 0 aliphatic rings. The van der Waals surface area contributed by atoms with Gasteiger partial charge >= 0.3 is 0 Å². The maximum Gasteiger partial charge on any atom is 0.276 e. The maximum absolute atomic E-state index is 12.5. The van der Waals surface area contributed by atoms with Crippen molar-refractivity contribution in [3.8, 4) is 0 Å². The van der Waals surface area contributed by atoms with Crippen LogP contribution in [0.3, 0.4) is 0 Å². The van der Waals surface area contributed by atoms with Gasteiger partial charge in [-0.25, -0.2) is 5.10 Å². The summed E-state index contributed by atoms with van der Waals surface area (Å²) < 4.78 is 0.